The van der Waals surface area contributed by atoms with Gasteiger partial charge in [0.1, 0.15) is 5.82 Å². The summed E-state index contributed by atoms with van der Waals surface area (Å²) in [6, 6.07) is 1.85. The minimum absolute atomic E-state index is 0.166. The van der Waals surface area contributed by atoms with Crippen LogP contribution in [0.1, 0.15) is 45.7 Å². The molecule has 1 aromatic heterocycles. The standard InChI is InChI=1S/C15H23N3O4/c1-5-8-18-12(9-11(4)17-18)16-10-15(21-13(19)6-2)22-14(20)7-3/h9-10,16H,5-8H2,1-4H3. The van der Waals surface area contributed by atoms with Crippen LogP contribution in [-0.4, -0.2) is 21.7 Å². The van der Waals surface area contributed by atoms with Gasteiger partial charge in [0.25, 0.3) is 0 Å². The number of aromatic nitrogens is 2. The first kappa shape index (κ1) is 17.7. The Hall–Kier alpha value is -2.31. The highest BCUT2D eigenvalue weighted by Gasteiger charge is 2.11. The molecular weight excluding hydrogens is 286 g/mol. The van der Waals surface area contributed by atoms with Gasteiger partial charge in [0.05, 0.1) is 11.9 Å². The smallest absolute Gasteiger partial charge is 0.313 e. The van der Waals surface area contributed by atoms with E-state index in [1.807, 2.05) is 19.9 Å². The van der Waals surface area contributed by atoms with Crippen molar-refractivity contribution in [2.24, 2.45) is 0 Å². The molecule has 0 saturated heterocycles. The van der Waals surface area contributed by atoms with E-state index in [4.69, 9.17) is 9.47 Å². The molecule has 1 N–H and O–H groups in total. The van der Waals surface area contributed by atoms with Gasteiger partial charge in [0, 0.05) is 25.5 Å². The van der Waals surface area contributed by atoms with Crippen LogP contribution in [0.15, 0.2) is 18.2 Å². The summed E-state index contributed by atoms with van der Waals surface area (Å²) < 4.78 is 11.8. The van der Waals surface area contributed by atoms with Crippen LogP contribution in [0.2, 0.25) is 0 Å². The molecule has 22 heavy (non-hydrogen) atoms. The van der Waals surface area contributed by atoms with Gasteiger partial charge in [-0.05, 0) is 13.3 Å². The average Bonchev–Trinajstić information content (AvgIpc) is 2.84. The number of anilines is 1. The monoisotopic (exact) mass is 309 g/mol. The summed E-state index contributed by atoms with van der Waals surface area (Å²) in [7, 11) is 0. The zero-order valence-corrected chi connectivity index (χ0v) is 13.5. The van der Waals surface area contributed by atoms with Gasteiger partial charge >= 0.3 is 17.9 Å². The molecule has 0 aromatic carbocycles. The van der Waals surface area contributed by atoms with Crippen LogP contribution in [-0.2, 0) is 25.6 Å². The summed E-state index contributed by atoms with van der Waals surface area (Å²) in [5.41, 5.74) is 0.863. The highest BCUT2D eigenvalue weighted by Crippen LogP contribution is 2.12. The summed E-state index contributed by atoms with van der Waals surface area (Å²) in [4.78, 5) is 22.8. The second-order valence-electron chi connectivity index (χ2n) is 4.66. The number of ether oxygens (including phenoxy) is 2. The molecule has 0 bridgehead atoms. The van der Waals surface area contributed by atoms with Crippen molar-refractivity contribution in [2.45, 2.75) is 53.5 Å². The van der Waals surface area contributed by atoms with Crippen LogP contribution < -0.4 is 5.32 Å². The normalized spacial score (nSPS) is 10.0. The van der Waals surface area contributed by atoms with Crippen LogP contribution in [0.5, 0.6) is 0 Å². The molecule has 0 amide bonds. The number of nitrogens with one attached hydrogen (secondary N) is 1. The second kappa shape index (κ2) is 8.86. The van der Waals surface area contributed by atoms with Gasteiger partial charge in [-0.2, -0.15) is 5.10 Å². The highest BCUT2D eigenvalue weighted by molar-refractivity contribution is 5.72. The molecule has 7 heteroatoms. The Morgan fingerprint density at radius 2 is 1.82 bits per heavy atom. The molecule has 7 nitrogen and oxygen atoms in total. The van der Waals surface area contributed by atoms with Gasteiger partial charge in [-0.15, -0.1) is 0 Å². The first-order valence-electron chi connectivity index (χ1n) is 7.42. The van der Waals surface area contributed by atoms with Crippen molar-refractivity contribution in [3.8, 4) is 0 Å². The van der Waals surface area contributed by atoms with E-state index in [9.17, 15) is 9.59 Å². The maximum Gasteiger partial charge on any atom is 0.313 e. The van der Waals surface area contributed by atoms with Crippen molar-refractivity contribution in [2.75, 3.05) is 5.32 Å². The van der Waals surface area contributed by atoms with Gasteiger partial charge < -0.3 is 14.8 Å². The minimum atomic E-state index is -0.477. The molecule has 0 unspecified atom stereocenters. The van der Waals surface area contributed by atoms with Crippen LogP contribution in [0.25, 0.3) is 0 Å². The van der Waals surface area contributed by atoms with Crippen LogP contribution >= 0.6 is 0 Å². The predicted octanol–water partition coefficient (Wildman–Crippen LogP) is 2.72. The van der Waals surface area contributed by atoms with Crippen LogP contribution in [0.4, 0.5) is 5.82 Å². The molecular formula is C15H23N3O4. The van der Waals surface area contributed by atoms with Gasteiger partial charge in [-0.25, -0.2) is 4.68 Å². The first-order valence-corrected chi connectivity index (χ1v) is 7.42. The van der Waals surface area contributed by atoms with Crippen molar-refractivity contribution in [3.05, 3.63) is 23.9 Å². The molecule has 0 radical (unpaired) electrons. The third-order valence-corrected chi connectivity index (χ3v) is 2.68. The SMILES string of the molecule is CCCn1nc(C)cc1NC=C(OC(=O)CC)OC(=O)CC. The fourth-order valence-electron chi connectivity index (χ4n) is 1.63. The Kier molecular flexibility index (Phi) is 7.15. The topological polar surface area (TPSA) is 82.4 Å². The van der Waals surface area contributed by atoms with E-state index >= 15 is 0 Å². The Bertz CT molecular complexity index is 529. The minimum Gasteiger partial charge on any atom is -0.391 e. The zero-order chi connectivity index (χ0) is 16.5. The van der Waals surface area contributed by atoms with E-state index in [-0.39, 0.29) is 18.8 Å². The lowest BCUT2D eigenvalue weighted by Crippen LogP contribution is -2.12. The molecule has 1 heterocycles. The van der Waals surface area contributed by atoms with E-state index in [0.717, 1.165) is 24.5 Å². The number of hydrogen-bond acceptors (Lipinski definition) is 6. The summed E-state index contributed by atoms with van der Waals surface area (Å²) in [6.07, 6.45) is 2.66. The Balaban J connectivity index is 2.87. The lowest BCUT2D eigenvalue weighted by Gasteiger charge is -2.09. The predicted molar refractivity (Wildman–Crippen MR) is 81.7 cm³/mol. The second-order valence-corrected chi connectivity index (χ2v) is 4.66. The number of carbonyl (C=O) groups is 2. The van der Waals surface area contributed by atoms with Crippen molar-refractivity contribution < 1.29 is 19.1 Å². The molecule has 1 aromatic rings. The highest BCUT2D eigenvalue weighted by atomic mass is 16.7. The van der Waals surface area contributed by atoms with Gasteiger partial charge in [0.2, 0.25) is 0 Å². The molecule has 0 aliphatic carbocycles. The quantitative estimate of drug-likeness (QED) is 0.587. The third-order valence-electron chi connectivity index (χ3n) is 2.68. The number of hydrogen-bond donors (Lipinski definition) is 1. The van der Waals surface area contributed by atoms with E-state index in [1.165, 1.54) is 6.20 Å². The van der Waals surface area contributed by atoms with E-state index in [1.54, 1.807) is 18.5 Å². The Labute approximate surface area is 130 Å². The van der Waals surface area contributed by atoms with Crippen molar-refractivity contribution in [1.82, 2.24) is 9.78 Å². The lowest BCUT2D eigenvalue weighted by molar-refractivity contribution is -0.153. The molecule has 0 saturated carbocycles. The first-order chi connectivity index (χ1) is 10.5. The molecule has 122 valence electrons. The van der Waals surface area contributed by atoms with Crippen LogP contribution in [0, 0.1) is 6.92 Å². The number of nitrogens with zero attached hydrogens (tertiary/aromatic N) is 2. The molecule has 0 aliphatic heterocycles. The molecule has 1 rings (SSSR count). The number of rotatable bonds is 8. The fourth-order valence-corrected chi connectivity index (χ4v) is 1.63. The largest absolute Gasteiger partial charge is 0.391 e. The van der Waals surface area contributed by atoms with Crippen molar-refractivity contribution in [3.63, 3.8) is 0 Å². The van der Waals surface area contributed by atoms with E-state index in [2.05, 4.69) is 10.4 Å². The molecule has 0 spiro atoms. The Morgan fingerprint density at radius 1 is 1.23 bits per heavy atom. The third kappa shape index (κ3) is 5.59. The van der Waals surface area contributed by atoms with E-state index < -0.39 is 11.9 Å². The average molecular weight is 309 g/mol. The number of aryl methyl sites for hydroxylation is 2. The number of carbonyl (C=O) groups excluding carboxylic acids is 2. The summed E-state index contributed by atoms with van der Waals surface area (Å²) in [5.74, 6) is -0.386. The summed E-state index contributed by atoms with van der Waals surface area (Å²) in [6.45, 7) is 8.01. The van der Waals surface area contributed by atoms with Gasteiger partial charge in [0.15, 0.2) is 0 Å². The molecule has 0 fully saturated rings. The number of esters is 2. The van der Waals surface area contributed by atoms with Gasteiger partial charge in [-0.3, -0.25) is 9.59 Å². The summed E-state index contributed by atoms with van der Waals surface area (Å²) >= 11 is 0. The summed E-state index contributed by atoms with van der Waals surface area (Å²) in [5, 5.41) is 7.30. The van der Waals surface area contributed by atoms with Gasteiger partial charge in [-0.1, -0.05) is 20.8 Å². The van der Waals surface area contributed by atoms with Crippen molar-refractivity contribution >= 4 is 17.8 Å². The fraction of sp³-hybridized carbons (Fsp3) is 0.533. The lowest BCUT2D eigenvalue weighted by atomic mass is 10.4. The molecule has 0 atom stereocenters. The van der Waals surface area contributed by atoms with Crippen LogP contribution in [0.3, 0.4) is 0 Å². The molecule has 0 aliphatic rings. The maximum absolute atomic E-state index is 11.4. The Morgan fingerprint density at radius 3 is 2.32 bits per heavy atom. The van der Waals surface area contributed by atoms with E-state index in [0.29, 0.717) is 0 Å². The van der Waals surface area contributed by atoms with Crippen molar-refractivity contribution in [1.29, 1.82) is 0 Å². The maximum atomic E-state index is 11.4. The zero-order valence-electron chi connectivity index (χ0n) is 13.5.